The first-order valence-electron chi connectivity index (χ1n) is 9.74. The Labute approximate surface area is 188 Å². The molecule has 0 saturated carbocycles. The van der Waals surface area contributed by atoms with Gasteiger partial charge in [0.1, 0.15) is 17.2 Å². The van der Waals surface area contributed by atoms with E-state index in [2.05, 4.69) is 14.8 Å². The zero-order valence-electron chi connectivity index (χ0n) is 16.2. The lowest BCUT2D eigenvalue weighted by Gasteiger charge is -2.32. The van der Waals surface area contributed by atoms with Gasteiger partial charge in [0.25, 0.3) is 0 Å². The Balaban J connectivity index is 0.00000150. The zero-order valence-corrected chi connectivity index (χ0v) is 18.6. The van der Waals surface area contributed by atoms with Crippen LogP contribution in [0.5, 0.6) is 0 Å². The molecule has 162 valence electrons. The van der Waals surface area contributed by atoms with Crippen molar-refractivity contribution in [2.45, 2.75) is 37.8 Å². The van der Waals surface area contributed by atoms with Crippen LogP contribution < -0.4 is 5.32 Å². The van der Waals surface area contributed by atoms with E-state index in [1.807, 2.05) is 6.20 Å². The van der Waals surface area contributed by atoms with Crippen LogP contribution >= 0.6 is 36.4 Å². The highest BCUT2D eigenvalue weighted by Gasteiger charge is 2.36. The highest BCUT2D eigenvalue weighted by molar-refractivity contribution is 6.31. The molecule has 2 N–H and O–H groups in total. The second kappa shape index (κ2) is 10.4. The molecule has 0 unspecified atom stereocenters. The molecule has 9 heteroatoms. The quantitative estimate of drug-likeness (QED) is 0.704. The first-order chi connectivity index (χ1) is 13.0. The number of rotatable bonds is 5. The fourth-order valence-electron chi connectivity index (χ4n) is 4.07. The summed E-state index contributed by atoms with van der Waals surface area (Å²) < 4.78 is 15.6. The fourth-order valence-corrected chi connectivity index (χ4v) is 4.25. The molecule has 2 saturated heterocycles. The first kappa shape index (κ1) is 24.4. The van der Waals surface area contributed by atoms with Crippen LogP contribution in [-0.4, -0.2) is 52.3 Å². The van der Waals surface area contributed by atoms with Crippen molar-refractivity contribution in [2.75, 3.05) is 32.7 Å². The van der Waals surface area contributed by atoms with Crippen molar-refractivity contribution in [1.29, 1.82) is 0 Å². The van der Waals surface area contributed by atoms with Crippen LogP contribution in [0.4, 0.5) is 4.39 Å². The van der Waals surface area contributed by atoms with E-state index < -0.39 is 11.4 Å². The second-order valence-electron chi connectivity index (χ2n) is 7.60. The molecule has 29 heavy (non-hydrogen) atoms. The molecule has 0 radical (unpaired) electrons. The van der Waals surface area contributed by atoms with Crippen LogP contribution in [0.1, 0.15) is 31.5 Å². The molecule has 0 aliphatic carbocycles. The van der Waals surface area contributed by atoms with Crippen molar-refractivity contribution in [3.63, 3.8) is 0 Å². The van der Waals surface area contributed by atoms with Crippen LogP contribution in [0, 0.1) is 5.82 Å². The molecule has 5 nitrogen and oxygen atoms in total. The van der Waals surface area contributed by atoms with Crippen molar-refractivity contribution >= 4 is 36.4 Å². The molecule has 2 aliphatic heterocycles. The number of aromatic nitrogens is 2. The highest BCUT2D eigenvalue weighted by atomic mass is 35.5. The zero-order chi connectivity index (χ0) is 18.9. The molecule has 2 aromatic rings. The minimum Gasteiger partial charge on any atom is -0.382 e. The van der Waals surface area contributed by atoms with Crippen LogP contribution in [0.2, 0.25) is 5.02 Å². The predicted octanol–water partition coefficient (Wildman–Crippen LogP) is 3.85. The topological polar surface area (TPSA) is 53.3 Å². The normalized spacial score (nSPS) is 18.9. The number of hydrogen-bond acceptors (Lipinski definition) is 4. The van der Waals surface area contributed by atoms with E-state index in [0.717, 1.165) is 50.5 Å². The number of likely N-dealkylation sites (tertiary alicyclic amines) is 1. The van der Waals surface area contributed by atoms with Gasteiger partial charge in [0.15, 0.2) is 0 Å². The van der Waals surface area contributed by atoms with Gasteiger partial charge in [0, 0.05) is 24.8 Å². The molecule has 2 fully saturated rings. The molecule has 0 amide bonds. The van der Waals surface area contributed by atoms with Crippen molar-refractivity contribution in [3.8, 4) is 11.3 Å². The molecule has 2 aliphatic rings. The van der Waals surface area contributed by atoms with E-state index in [1.165, 1.54) is 18.9 Å². The Hall–Kier alpha value is -0.890. The van der Waals surface area contributed by atoms with Crippen molar-refractivity contribution in [2.24, 2.45) is 0 Å². The predicted molar refractivity (Wildman–Crippen MR) is 119 cm³/mol. The maximum atomic E-state index is 13.5. The maximum Gasteiger partial charge on any atom is 0.141 e. The van der Waals surface area contributed by atoms with Gasteiger partial charge in [-0.15, -0.1) is 24.8 Å². The third-order valence-electron chi connectivity index (χ3n) is 5.69. The minimum atomic E-state index is -0.932. The van der Waals surface area contributed by atoms with E-state index in [1.54, 1.807) is 12.1 Å². The number of benzene rings is 1. The molecule has 3 heterocycles. The van der Waals surface area contributed by atoms with Gasteiger partial charge in [0.2, 0.25) is 0 Å². The molecule has 0 atom stereocenters. The summed E-state index contributed by atoms with van der Waals surface area (Å²) in [4.78, 5) is 7.23. The lowest BCUT2D eigenvalue weighted by Crippen LogP contribution is -2.42. The number of nitrogens with zero attached hydrogens (tertiary/aromatic N) is 3. The van der Waals surface area contributed by atoms with Gasteiger partial charge in [-0.1, -0.05) is 11.6 Å². The molecule has 1 aromatic heterocycles. The Morgan fingerprint density at radius 2 is 1.83 bits per heavy atom. The van der Waals surface area contributed by atoms with Crippen LogP contribution in [0.15, 0.2) is 24.4 Å². The maximum absolute atomic E-state index is 13.5. The summed E-state index contributed by atoms with van der Waals surface area (Å²) in [7, 11) is 0. The van der Waals surface area contributed by atoms with Gasteiger partial charge in [-0.2, -0.15) is 0 Å². The van der Waals surface area contributed by atoms with Gasteiger partial charge in [-0.3, -0.25) is 0 Å². The number of imidazole rings is 1. The monoisotopic (exact) mass is 464 g/mol. The lowest BCUT2D eigenvalue weighted by atomic mass is 9.91. The summed E-state index contributed by atoms with van der Waals surface area (Å²) in [6.45, 7) is 5.55. The van der Waals surface area contributed by atoms with E-state index >= 15 is 0 Å². The number of hydrogen-bond donors (Lipinski definition) is 2. The molecular formula is C20H28Cl3FN4O. The SMILES string of the molecule is Cl.Cl.OC1(c2nc(-c3ccc(F)c(Cl)c3)cn2CCN2CCCC2)CCNCC1. The van der Waals surface area contributed by atoms with Gasteiger partial charge in [0.05, 0.1) is 10.7 Å². The Morgan fingerprint density at radius 3 is 2.48 bits per heavy atom. The van der Waals surface area contributed by atoms with Gasteiger partial charge in [-0.25, -0.2) is 9.37 Å². The van der Waals surface area contributed by atoms with Gasteiger partial charge in [-0.05, 0) is 70.1 Å². The number of aliphatic hydroxyl groups is 1. The Bertz CT molecular complexity index is 805. The largest absolute Gasteiger partial charge is 0.382 e. The third kappa shape index (κ3) is 5.43. The summed E-state index contributed by atoms with van der Waals surface area (Å²) in [5, 5.41) is 14.6. The molecule has 0 spiro atoms. The summed E-state index contributed by atoms with van der Waals surface area (Å²) in [6.07, 6.45) is 5.75. The summed E-state index contributed by atoms with van der Waals surface area (Å²) >= 11 is 5.96. The summed E-state index contributed by atoms with van der Waals surface area (Å²) in [5.41, 5.74) is 0.554. The van der Waals surface area contributed by atoms with Gasteiger partial charge < -0.3 is 19.9 Å². The van der Waals surface area contributed by atoms with Crippen LogP contribution in [0.3, 0.4) is 0 Å². The van der Waals surface area contributed by atoms with E-state index in [4.69, 9.17) is 16.6 Å². The number of piperidine rings is 1. The van der Waals surface area contributed by atoms with Crippen molar-refractivity contribution in [1.82, 2.24) is 19.8 Å². The van der Waals surface area contributed by atoms with E-state index in [9.17, 15) is 9.50 Å². The average Bonchev–Trinajstić information content (AvgIpc) is 3.33. The van der Waals surface area contributed by atoms with E-state index in [-0.39, 0.29) is 29.8 Å². The Kier molecular flexibility index (Phi) is 8.76. The lowest BCUT2D eigenvalue weighted by molar-refractivity contribution is -0.00583. The molecule has 0 bridgehead atoms. The third-order valence-corrected chi connectivity index (χ3v) is 5.98. The molecule has 4 rings (SSSR count). The smallest absolute Gasteiger partial charge is 0.141 e. The highest BCUT2D eigenvalue weighted by Crippen LogP contribution is 2.33. The summed E-state index contributed by atoms with van der Waals surface area (Å²) in [6, 6.07) is 4.64. The van der Waals surface area contributed by atoms with E-state index in [0.29, 0.717) is 18.7 Å². The van der Waals surface area contributed by atoms with Crippen LogP contribution in [0.25, 0.3) is 11.3 Å². The van der Waals surface area contributed by atoms with Crippen molar-refractivity contribution < 1.29 is 9.50 Å². The molecule has 1 aromatic carbocycles. The van der Waals surface area contributed by atoms with Gasteiger partial charge >= 0.3 is 0 Å². The average molecular weight is 466 g/mol. The Morgan fingerprint density at radius 1 is 1.14 bits per heavy atom. The van der Waals surface area contributed by atoms with Crippen LogP contribution in [-0.2, 0) is 12.1 Å². The number of nitrogens with one attached hydrogen (secondary N) is 1. The first-order valence-corrected chi connectivity index (χ1v) is 10.1. The fraction of sp³-hybridized carbons (Fsp3) is 0.550. The second-order valence-corrected chi connectivity index (χ2v) is 8.01. The molecular weight excluding hydrogens is 438 g/mol. The van der Waals surface area contributed by atoms with Crippen molar-refractivity contribution in [3.05, 3.63) is 41.1 Å². The minimum absolute atomic E-state index is 0. The number of halogens is 4. The standard InChI is InChI=1S/C20H26ClFN4O.2ClH/c21-16-13-15(3-4-17(16)22)18-14-26(12-11-25-9-1-2-10-25)19(24-18)20(27)5-7-23-8-6-20;;/h3-4,13-14,23,27H,1-2,5-12H2;2*1H. The summed E-state index contributed by atoms with van der Waals surface area (Å²) in [5.74, 6) is 0.268.